The van der Waals surface area contributed by atoms with Crippen LogP contribution in [-0.4, -0.2) is 77.2 Å². The molecule has 9 heteroatoms. The molecule has 1 fully saturated rings. The van der Waals surface area contributed by atoms with E-state index in [-0.39, 0.29) is 17.6 Å². The van der Waals surface area contributed by atoms with Crippen LogP contribution in [0.3, 0.4) is 0 Å². The van der Waals surface area contributed by atoms with Crippen LogP contribution in [0, 0.1) is 11.8 Å². The van der Waals surface area contributed by atoms with Crippen LogP contribution in [0.2, 0.25) is 0 Å². The molecule has 2 aliphatic heterocycles. The van der Waals surface area contributed by atoms with E-state index < -0.39 is 6.04 Å². The largest absolute Gasteiger partial charge is 0.365 e. The normalized spacial score (nSPS) is 17.8. The van der Waals surface area contributed by atoms with Gasteiger partial charge in [0, 0.05) is 57.6 Å². The van der Waals surface area contributed by atoms with E-state index in [1.54, 1.807) is 12.3 Å². The van der Waals surface area contributed by atoms with Crippen molar-refractivity contribution in [1.82, 2.24) is 20.1 Å². The summed E-state index contributed by atoms with van der Waals surface area (Å²) >= 11 is 0. The molecule has 1 aromatic carbocycles. The minimum Gasteiger partial charge on any atom is -0.365 e. The Balaban J connectivity index is 1.28. The predicted octanol–water partition coefficient (Wildman–Crippen LogP) is 3.06. The van der Waals surface area contributed by atoms with Crippen molar-refractivity contribution in [2.45, 2.75) is 51.0 Å². The Morgan fingerprint density at radius 2 is 2.00 bits per heavy atom. The zero-order valence-electron chi connectivity index (χ0n) is 21.0. The molecule has 2 aliphatic rings. The molecular weight excluding hydrogens is 459 g/mol. The predicted molar refractivity (Wildman–Crippen MR) is 144 cm³/mol. The molecule has 0 bridgehead atoms. The summed E-state index contributed by atoms with van der Waals surface area (Å²) in [4.78, 5) is 33.6. The molecular formula is C26H37N6O2P. The van der Waals surface area contributed by atoms with E-state index in [9.17, 15) is 9.70 Å². The molecule has 1 saturated heterocycles. The first-order chi connectivity index (χ1) is 16.7. The average Bonchev–Trinajstić information content (AvgIpc) is 2.80. The van der Waals surface area contributed by atoms with Gasteiger partial charge in [0.25, 0.3) is 5.91 Å². The highest BCUT2D eigenvalue weighted by molar-refractivity contribution is 7.18. The van der Waals surface area contributed by atoms with Gasteiger partial charge in [-0.05, 0) is 41.3 Å². The summed E-state index contributed by atoms with van der Waals surface area (Å²) in [5.74, 6) is 0.498. The molecule has 2 atom stereocenters. The maximum atomic E-state index is 12.9. The molecule has 0 aliphatic carbocycles. The maximum absolute atomic E-state index is 12.9. The molecule has 0 spiro atoms. The van der Waals surface area contributed by atoms with Gasteiger partial charge in [-0.2, -0.15) is 4.91 Å². The lowest BCUT2D eigenvalue weighted by molar-refractivity contribution is 0.0947. The van der Waals surface area contributed by atoms with E-state index in [4.69, 9.17) is 0 Å². The Kier molecular flexibility index (Phi) is 8.15. The van der Waals surface area contributed by atoms with Gasteiger partial charge in [0.15, 0.2) is 0 Å². The first-order valence-electron chi connectivity index (χ1n) is 12.3. The average molecular weight is 497 g/mol. The minimum absolute atomic E-state index is 0.199. The fourth-order valence-electron chi connectivity index (χ4n) is 4.87. The van der Waals surface area contributed by atoms with E-state index in [1.807, 2.05) is 13.0 Å². The van der Waals surface area contributed by atoms with Crippen LogP contribution < -0.4 is 10.6 Å². The van der Waals surface area contributed by atoms with Crippen molar-refractivity contribution in [3.8, 4) is 0 Å². The molecule has 4 rings (SSSR count). The van der Waals surface area contributed by atoms with Crippen LogP contribution in [0.25, 0.3) is 0 Å². The number of amides is 1. The number of likely N-dealkylation sites (tertiary alicyclic amines) is 1. The number of hydrogen-bond acceptors (Lipinski definition) is 7. The Morgan fingerprint density at radius 1 is 1.26 bits per heavy atom. The van der Waals surface area contributed by atoms with Gasteiger partial charge >= 0.3 is 0 Å². The number of hydrogen-bond donors (Lipinski definition) is 2. The number of benzene rings is 1. The van der Waals surface area contributed by atoms with Gasteiger partial charge in [0.2, 0.25) is 0 Å². The second-order valence-electron chi connectivity index (χ2n) is 10.6. The number of aryl methyl sites for hydroxylation is 1. The van der Waals surface area contributed by atoms with Crippen LogP contribution in [0.1, 0.15) is 40.9 Å². The van der Waals surface area contributed by atoms with Crippen molar-refractivity contribution in [2.75, 3.05) is 44.6 Å². The second kappa shape index (κ2) is 11.1. The van der Waals surface area contributed by atoms with E-state index in [1.165, 1.54) is 11.1 Å². The molecule has 3 heterocycles. The van der Waals surface area contributed by atoms with E-state index in [2.05, 4.69) is 71.9 Å². The highest BCUT2D eigenvalue weighted by Gasteiger charge is 2.30. The lowest BCUT2D eigenvalue weighted by atomic mass is 9.99. The fourth-order valence-corrected chi connectivity index (χ4v) is 5.13. The van der Waals surface area contributed by atoms with Crippen molar-refractivity contribution in [3.63, 3.8) is 0 Å². The Bertz CT molecular complexity index is 1050. The third-order valence-electron chi connectivity index (χ3n) is 6.61. The number of nitroso groups, excluding NO2 is 1. The van der Waals surface area contributed by atoms with Crippen molar-refractivity contribution in [1.29, 1.82) is 0 Å². The summed E-state index contributed by atoms with van der Waals surface area (Å²) in [5.41, 5.74) is 4.04. The Hall–Kier alpha value is -2.41. The number of carbonyl (C=O) groups excluding carboxylic acids is 1. The third-order valence-corrected chi connectivity index (χ3v) is 6.80. The molecule has 2 aromatic rings. The Morgan fingerprint density at radius 3 is 2.71 bits per heavy atom. The number of nitrogens with zero attached hydrogens (tertiary/aromatic N) is 4. The molecule has 8 nitrogen and oxygen atoms in total. The first-order valence-corrected chi connectivity index (χ1v) is 12.9. The summed E-state index contributed by atoms with van der Waals surface area (Å²) in [7, 11) is 2.89. The summed E-state index contributed by atoms with van der Waals surface area (Å²) in [5, 5.41) is 9.85. The van der Waals surface area contributed by atoms with Gasteiger partial charge in [-0.15, -0.1) is 9.24 Å². The number of anilines is 1. The van der Waals surface area contributed by atoms with Gasteiger partial charge in [-0.1, -0.05) is 43.3 Å². The van der Waals surface area contributed by atoms with Crippen LogP contribution in [-0.2, 0) is 13.0 Å². The van der Waals surface area contributed by atoms with Gasteiger partial charge in [0.05, 0.1) is 6.04 Å². The number of nitrogens with one attached hydrogen (secondary N) is 2. The topological polar surface area (TPSA) is 89.9 Å². The molecule has 2 unspecified atom stereocenters. The van der Waals surface area contributed by atoms with Crippen molar-refractivity contribution in [2.24, 2.45) is 5.18 Å². The quantitative estimate of drug-likeness (QED) is 0.388. The van der Waals surface area contributed by atoms with Gasteiger partial charge in [-0.25, -0.2) is 4.98 Å². The fraction of sp³-hybridized carbons (Fsp3) is 0.538. The number of pyridine rings is 1. The van der Waals surface area contributed by atoms with E-state index >= 15 is 0 Å². The van der Waals surface area contributed by atoms with E-state index in [0.717, 1.165) is 44.7 Å². The van der Waals surface area contributed by atoms with E-state index in [0.29, 0.717) is 24.0 Å². The highest BCUT2D eigenvalue weighted by atomic mass is 31.0. The zero-order valence-corrected chi connectivity index (χ0v) is 22.1. The third kappa shape index (κ3) is 7.06. The monoisotopic (exact) mass is 496 g/mol. The molecule has 35 heavy (non-hydrogen) atoms. The number of aromatic nitrogens is 1. The van der Waals surface area contributed by atoms with Crippen molar-refractivity contribution >= 4 is 21.0 Å². The van der Waals surface area contributed by atoms with Gasteiger partial charge in [0.1, 0.15) is 11.9 Å². The van der Waals surface area contributed by atoms with Crippen molar-refractivity contribution < 1.29 is 4.79 Å². The molecule has 2 N–H and O–H groups in total. The molecule has 1 aromatic heterocycles. The standard InChI is InChI=1S/C26H37N6O2P/c1-18-11-27-24(29-22-15-32(16-22)17-26(2,3)35)10-23(18)25(33)28-12-21(30-34)14-31-9-8-19-6-4-5-7-20(19)13-31/h4-7,10-11,21-22H,8-9,12-17,35H2,1-3H3,(H,27,29)(H,28,33). The molecule has 0 radical (unpaired) electrons. The summed E-state index contributed by atoms with van der Waals surface area (Å²) in [6, 6.07) is 10.0. The van der Waals surface area contributed by atoms with Gasteiger partial charge < -0.3 is 10.6 Å². The SMILES string of the molecule is Cc1cnc(NC2CN(CC(C)(C)P)C2)cc1C(=O)NCC(CN1CCc2ccccc2C1)N=O. The molecule has 188 valence electrons. The lowest BCUT2D eigenvalue weighted by Gasteiger charge is -2.42. The van der Waals surface area contributed by atoms with Gasteiger partial charge in [-0.3, -0.25) is 14.6 Å². The van der Waals surface area contributed by atoms with Crippen LogP contribution in [0.4, 0.5) is 5.82 Å². The Labute approximate surface area is 210 Å². The molecule has 1 amide bonds. The summed E-state index contributed by atoms with van der Waals surface area (Å²) in [6.45, 7) is 11.7. The van der Waals surface area contributed by atoms with Crippen LogP contribution in [0.15, 0.2) is 41.7 Å². The summed E-state index contributed by atoms with van der Waals surface area (Å²) < 4.78 is 0. The number of fused-ring (bicyclic) bond motifs is 1. The minimum atomic E-state index is -0.495. The highest BCUT2D eigenvalue weighted by Crippen LogP contribution is 2.23. The van der Waals surface area contributed by atoms with Crippen LogP contribution >= 0.6 is 9.24 Å². The zero-order chi connectivity index (χ0) is 25.0. The first kappa shape index (κ1) is 25.7. The second-order valence-corrected chi connectivity index (χ2v) is 12.2. The maximum Gasteiger partial charge on any atom is 0.251 e. The number of rotatable bonds is 10. The van der Waals surface area contributed by atoms with Crippen molar-refractivity contribution in [3.05, 3.63) is 63.7 Å². The summed E-state index contributed by atoms with van der Waals surface area (Å²) in [6.07, 6.45) is 2.69. The number of carbonyl (C=O) groups is 1. The molecule has 0 saturated carbocycles. The van der Waals surface area contributed by atoms with Crippen LogP contribution in [0.5, 0.6) is 0 Å². The lowest BCUT2D eigenvalue weighted by Crippen LogP contribution is -2.57. The smallest absolute Gasteiger partial charge is 0.251 e.